The molecule has 1 unspecified atom stereocenters. The quantitative estimate of drug-likeness (QED) is 0.876. The number of carbonyl (C=O) groups excluding carboxylic acids is 1. The molecule has 3 rings (SSSR count). The van der Waals surface area contributed by atoms with Crippen LogP contribution in [0.15, 0.2) is 24.3 Å². The maximum absolute atomic E-state index is 12.5. The molecule has 108 valence electrons. The summed E-state index contributed by atoms with van der Waals surface area (Å²) in [6.45, 7) is 4.95. The number of likely N-dealkylation sites (tertiary alicyclic amines) is 1. The number of rotatable bonds is 2. The highest BCUT2D eigenvalue weighted by Gasteiger charge is 2.31. The summed E-state index contributed by atoms with van der Waals surface area (Å²) in [5, 5.41) is 9.56. The number of aliphatic hydroxyl groups is 1. The lowest BCUT2D eigenvalue weighted by atomic mass is 9.98. The first-order valence-electron chi connectivity index (χ1n) is 7.43. The van der Waals surface area contributed by atoms with E-state index in [1.165, 1.54) is 11.1 Å². The van der Waals surface area contributed by atoms with Crippen LogP contribution in [0.5, 0.6) is 0 Å². The molecular formula is C16H22N2O2. The van der Waals surface area contributed by atoms with E-state index in [2.05, 4.69) is 29.2 Å². The SMILES string of the molecule is CC(C(=O)N1CC[C@@H](O)C1)N1CCc2ccccc2C1. The standard InChI is InChI=1S/C16H22N2O2/c1-12(16(20)18-9-7-15(19)11-18)17-8-6-13-4-2-3-5-14(13)10-17/h2-5,12,15,19H,6-11H2,1H3/t12?,15-/m1/s1. The first-order valence-corrected chi connectivity index (χ1v) is 7.43. The van der Waals surface area contributed by atoms with Crippen LogP contribution in [0, 0.1) is 0 Å². The largest absolute Gasteiger partial charge is 0.391 e. The lowest BCUT2D eigenvalue weighted by Crippen LogP contribution is -2.48. The van der Waals surface area contributed by atoms with E-state index in [1.54, 1.807) is 4.90 Å². The average Bonchev–Trinajstić information content (AvgIpc) is 2.92. The third-order valence-corrected chi connectivity index (χ3v) is 4.54. The molecule has 0 spiro atoms. The molecule has 0 saturated carbocycles. The molecule has 20 heavy (non-hydrogen) atoms. The third-order valence-electron chi connectivity index (χ3n) is 4.54. The summed E-state index contributed by atoms with van der Waals surface area (Å²) in [6.07, 6.45) is 1.38. The second kappa shape index (κ2) is 5.54. The highest BCUT2D eigenvalue weighted by Crippen LogP contribution is 2.21. The van der Waals surface area contributed by atoms with Gasteiger partial charge in [0.1, 0.15) is 0 Å². The minimum atomic E-state index is -0.340. The predicted molar refractivity (Wildman–Crippen MR) is 77.2 cm³/mol. The van der Waals surface area contributed by atoms with Gasteiger partial charge in [0, 0.05) is 26.2 Å². The van der Waals surface area contributed by atoms with Crippen LogP contribution in [-0.2, 0) is 17.8 Å². The first-order chi connectivity index (χ1) is 9.65. The third kappa shape index (κ3) is 2.58. The zero-order valence-electron chi connectivity index (χ0n) is 12.0. The number of carbonyl (C=O) groups is 1. The second-order valence-electron chi connectivity index (χ2n) is 5.89. The van der Waals surface area contributed by atoms with Crippen molar-refractivity contribution in [1.82, 2.24) is 9.80 Å². The van der Waals surface area contributed by atoms with E-state index < -0.39 is 0 Å². The van der Waals surface area contributed by atoms with E-state index in [9.17, 15) is 9.90 Å². The van der Waals surface area contributed by atoms with Gasteiger partial charge in [0.15, 0.2) is 0 Å². The van der Waals surface area contributed by atoms with E-state index in [-0.39, 0.29) is 18.1 Å². The van der Waals surface area contributed by atoms with Gasteiger partial charge < -0.3 is 10.0 Å². The molecule has 1 aromatic carbocycles. The average molecular weight is 274 g/mol. The molecule has 1 amide bonds. The van der Waals surface area contributed by atoms with Crippen molar-refractivity contribution < 1.29 is 9.90 Å². The Kier molecular flexibility index (Phi) is 3.76. The van der Waals surface area contributed by atoms with Crippen LogP contribution in [0.3, 0.4) is 0 Å². The molecule has 1 fully saturated rings. The van der Waals surface area contributed by atoms with Gasteiger partial charge in [-0.1, -0.05) is 24.3 Å². The molecule has 4 nitrogen and oxygen atoms in total. The molecule has 1 saturated heterocycles. The van der Waals surface area contributed by atoms with Crippen molar-refractivity contribution in [3.8, 4) is 0 Å². The number of amides is 1. The van der Waals surface area contributed by atoms with Crippen molar-refractivity contribution in [2.45, 2.75) is 38.5 Å². The summed E-state index contributed by atoms with van der Waals surface area (Å²) >= 11 is 0. The number of aliphatic hydroxyl groups excluding tert-OH is 1. The second-order valence-corrected chi connectivity index (χ2v) is 5.89. The highest BCUT2D eigenvalue weighted by atomic mass is 16.3. The molecule has 2 aliphatic rings. The van der Waals surface area contributed by atoms with E-state index in [4.69, 9.17) is 0 Å². The fraction of sp³-hybridized carbons (Fsp3) is 0.562. The van der Waals surface area contributed by atoms with Crippen LogP contribution in [0.1, 0.15) is 24.5 Å². The number of fused-ring (bicyclic) bond motifs is 1. The predicted octanol–water partition coefficient (Wildman–Crippen LogP) is 1.03. The van der Waals surface area contributed by atoms with Gasteiger partial charge in [-0.15, -0.1) is 0 Å². The van der Waals surface area contributed by atoms with Crippen LogP contribution in [0.4, 0.5) is 0 Å². The summed E-state index contributed by atoms with van der Waals surface area (Å²) in [6, 6.07) is 8.36. The molecule has 2 atom stereocenters. The van der Waals surface area contributed by atoms with Crippen LogP contribution < -0.4 is 0 Å². The van der Waals surface area contributed by atoms with Crippen LogP contribution in [0.2, 0.25) is 0 Å². The van der Waals surface area contributed by atoms with Crippen molar-refractivity contribution >= 4 is 5.91 Å². The maximum atomic E-state index is 12.5. The van der Waals surface area contributed by atoms with Gasteiger partial charge in [-0.05, 0) is 30.9 Å². The number of benzene rings is 1. The van der Waals surface area contributed by atoms with Gasteiger partial charge in [-0.3, -0.25) is 9.69 Å². The Balaban J connectivity index is 1.66. The number of hydrogen-bond acceptors (Lipinski definition) is 3. The fourth-order valence-corrected chi connectivity index (χ4v) is 3.21. The monoisotopic (exact) mass is 274 g/mol. The van der Waals surface area contributed by atoms with Gasteiger partial charge in [0.05, 0.1) is 12.1 Å². The van der Waals surface area contributed by atoms with Crippen molar-refractivity contribution in [3.63, 3.8) is 0 Å². The lowest BCUT2D eigenvalue weighted by Gasteiger charge is -2.34. The maximum Gasteiger partial charge on any atom is 0.239 e. The molecule has 0 radical (unpaired) electrons. The van der Waals surface area contributed by atoms with Crippen molar-refractivity contribution in [3.05, 3.63) is 35.4 Å². The lowest BCUT2D eigenvalue weighted by molar-refractivity contribution is -0.136. The minimum absolute atomic E-state index is 0.103. The number of hydrogen-bond donors (Lipinski definition) is 1. The molecule has 2 aliphatic heterocycles. The van der Waals surface area contributed by atoms with Gasteiger partial charge in [-0.25, -0.2) is 0 Å². The molecule has 1 aromatic rings. The van der Waals surface area contributed by atoms with E-state index >= 15 is 0 Å². The summed E-state index contributed by atoms with van der Waals surface area (Å²) in [7, 11) is 0. The highest BCUT2D eigenvalue weighted by molar-refractivity contribution is 5.81. The topological polar surface area (TPSA) is 43.8 Å². The summed E-state index contributed by atoms with van der Waals surface area (Å²) in [5.41, 5.74) is 2.74. The Hall–Kier alpha value is -1.39. The number of nitrogens with zero attached hydrogens (tertiary/aromatic N) is 2. The summed E-state index contributed by atoms with van der Waals surface area (Å²) in [4.78, 5) is 16.5. The van der Waals surface area contributed by atoms with E-state index in [0.29, 0.717) is 19.5 Å². The van der Waals surface area contributed by atoms with Gasteiger partial charge in [0.25, 0.3) is 0 Å². The van der Waals surface area contributed by atoms with Gasteiger partial charge in [0.2, 0.25) is 5.91 Å². The molecule has 4 heteroatoms. The zero-order chi connectivity index (χ0) is 14.1. The smallest absolute Gasteiger partial charge is 0.239 e. The molecule has 2 heterocycles. The summed E-state index contributed by atoms with van der Waals surface area (Å²) in [5.74, 6) is 0.154. The van der Waals surface area contributed by atoms with Gasteiger partial charge >= 0.3 is 0 Å². The molecule has 0 aliphatic carbocycles. The molecule has 0 bridgehead atoms. The Morgan fingerprint density at radius 3 is 2.75 bits per heavy atom. The first kappa shape index (κ1) is 13.6. The zero-order valence-corrected chi connectivity index (χ0v) is 12.0. The minimum Gasteiger partial charge on any atom is -0.391 e. The Bertz CT molecular complexity index is 503. The van der Waals surface area contributed by atoms with E-state index in [1.807, 2.05) is 6.92 Å². The Morgan fingerprint density at radius 1 is 1.30 bits per heavy atom. The number of β-amino-alcohol motifs (C(OH)–C–C–N with tert-alkyl or cyclic N) is 1. The van der Waals surface area contributed by atoms with Crippen molar-refractivity contribution in [1.29, 1.82) is 0 Å². The Labute approximate surface area is 120 Å². The van der Waals surface area contributed by atoms with Gasteiger partial charge in [-0.2, -0.15) is 0 Å². The molecule has 0 aromatic heterocycles. The Morgan fingerprint density at radius 2 is 2.05 bits per heavy atom. The molecule has 1 N–H and O–H groups in total. The van der Waals surface area contributed by atoms with Crippen molar-refractivity contribution in [2.75, 3.05) is 19.6 Å². The van der Waals surface area contributed by atoms with Crippen LogP contribution in [-0.4, -0.2) is 52.6 Å². The normalized spacial score (nSPS) is 24.5. The molecular weight excluding hydrogens is 252 g/mol. The summed E-state index contributed by atoms with van der Waals surface area (Å²) < 4.78 is 0. The van der Waals surface area contributed by atoms with Crippen LogP contribution in [0.25, 0.3) is 0 Å². The van der Waals surface area contributed by atoms with Crippen molar-refractivity contribution in [2.24, 2.45) is 0 Å². The fourth-order valence-electron chi connectivity index (χ4n) is 3.21. The van der Waals surface area contributed by atoms with E-state index in [0.717, 1.165) is 19.5 Å². The van der Waals surface area contributed by atoms with Crippen LogP contribution >= 0.6 is 0 Å².